The normalized spacial score (nSPS) is 17.9. The van der Waals surface area contributed by atoms with E-state index in [1.54, 1.807) is 24.3 Å². The van der Waals surface area contributed by atoms with Gasteiger partial charge in [-0.3, -0.25) is 4.79 Å². The van der Waals surface area contributed by atoms with Gasteiger partial charge in [-0.15, -0.1) is 5.10 Å². The number of nitrogens with one attached hydrogen (secondary N) is 1. The first-order chi connectivity index (χ1) is 9.86. The largest absolute Gasteiger partial charge is 0.435 e. The Balaban J connectivity index is 1.88. The fourth-order valence-corrected chi connectivity index (χ4v) is 2.47. The fraction of sp³-hybridized carbons (Fsp3) is 0.286. The number of rotatable bonds is 2. The lowest BCUT2D eigenvalue weighted by molar-refractivity contribution is -0.141. The Kier molecular flexibility index (Phi) is 3.00. The lowest BCUT2D eigenvalue weighted by atomic mass is 10.1. The van der Waals surface area contributed by atoms with Gasteiger partial charge in [0.2, 0.25) is 0 Å². The van der Waals surface area contributed by atoms with Gasteiger partial charge >= 0.3 is 6.18 Å². The van der Waals surface area contributed by atoms with Gasteiger partial charge in [0.25, 0.3) is 0 Å². The molecule has 0 saturated carbocycles. The predicted molar refractivity (Wildman–Crippen MR) is 68.3 cm³/mol. The average Bonchev–Trinajstić information content (AvgIpc) is 2.92. The summed E-state index contributed by atoms with van der Waals surface area (Å²) in [5, 5.41) is 3.46. The molecule has 7 heteroatoms. The SMILES string of the molecule is Cc1[c]n(NC2CC(=O)c3ccccc32)nc1C(F)(F)F. The molecule has 1 atom stereocenters. The number of ketones is 1. The lowest BCUT2D eigenvalue weighted by Gasteiger charge is -2.14. The standard InChI is InChI=1S/C14H11F3N3O/c1-8-7-20(19-13(8)14(15,16)17)18-11-6-12(21)10-5-3-2-4-9(10)11/h2-5,11,18H,6H2,1H3. The lowest BCUT2D eigenvalue weighted by Crippen LogP contribution is -2.21. The third-order valence-electron chi connectivity index (χ3n) is 3.40. The highest BCUT2D eigenvalue weighted by Gasteiger charge is 2.37. The molecule has 1 aliphatic rings. The zero-order chi connectivity index (χ0) is 15.2. The van der Waals surface area contributed by atoms with Crippen LogP contribution in [0.25, 0.3) is 0 Å². The van der Waals surface area contributed by atoms with Crippen molar-refractivity contribution in [2.45, 2.75) is 25.6 Å². The molecule has 1 radical (unpaired) electrons. The second-order valence-corrected chi connectivity index (χ2v) is 4.89. The van der Waals surface area contributed by atoms with E-state index in [1.807, 2.05) is 0 Å². The van der Waals surface area contributed by atoms with Crippen molar-refractivity contribution in [1.29, 1.82) is 0 Å². The number of benzene rings is 1. The molecule has 3 rings (SSSR count). The Bertz CT molecular complexity index is 706. The molecular weight excluding hydrogens is 283 g/mol. The van der Waals surface area contributed by atoms with Gasteiger partial charge in [0, 0.05) is 17.5 Å². The molecule has 0 bridgehead atoms. The highest BCUT2D eigenvalue weighted by Crippen LogP contribution is 2.33. The maximum Gasteiger partial charge on any atom is 0.435 e. The van der Waals surface area contributed by atoms with Gasteiger partial charge in [-0.25, -0.2) is 0 Å². The Morgan fingerprint density at radius 3 is 2.76 bits per heavy atom. The van der Waals surface area contributed by atoms with Crippen LogP contribution in [0.3, 0.4) is 0 Å². The van der Waals surface area contributed by atoms with Gasteiger partial charge < -0.3 is 5.43 Å². The number of aromatic nitrogens is 2. The average molecular weight is 294 g/mol. The molecular formula is C14H11F3N3O. The molecule has 1 aromatic carbocycles. The minimum absolute atomic E-state index is 0.0389. The molecule has 1 aliphatic carbocycles. The van der Waals surface area contributed by atoms with Gasteiger partial charge in [-0.1, -0.05) is 24.3 Å². The molecule has 1 heterocycles. The molecule has 0 aliphatic heterocycles. The highest BCUT2D eigenvalue weighted by molar-refractivity contribution is 6.01. The molecule has 4 nitrogen and oxygen atoms in total. The number of alkyl halides is 3. The predicted octanol–water partition coefficient (Wildman–Crippen LogP) is 2.88. The fourth-order valence-electron chi connectivity index (χ4n) is 2.47. The molecule has 21 heavy (non-hydrogen) atoms. The van der Waals surface area contributed by atoms with E-state index < -0.39 is 17.9 Å². The van der Waals surface area contributed by atoms with Gasteiger partial charge in [0.1, 0.15) is 6.20 Å². The van der Waals surface area contributed by atoms with Crippen molar-refractivity contribution < 1.29 is 18.0 Å². The summed E-state index contributed by atoms with van der Waals surface area (Å²) in [7, 11) is 0. The van der Waals surface area contributed by atoms with Crippen molar-refractivity contribution in [1.82, 2.24) is 9.89 Å². The zero-order valence-corrected chi connectivity index (χ0v) is 11.0. The topological polar surface area (TPSA) is 46.9 Å². The van der Waals surface area contributed by atoms with Gasteiger partial charge in [-0.05, 0) is 12.5 Å². The van der Waals surface area contributed by atoms with E-state index in [1.165, 1.54) is 6.92 Å². The smallest absolute Gasteiger partial charge is 0.301 e. The second-order valence-electron chi connectivity index (χ2n) is 4.89. The van der Waals surface area contributed by atoms with Crippen LogP contribution in [-0.2, 0) is 6.18 Å². The summed E-state index contributed by atoms with van der Waals surface area (Å²) in [5.74, 6) is -0.0389. The minimum atomic E-state index is -4.52. The summed E-state index contributed by atoms with van der Waals surface area (Å²) < 4.78 is 38.1. The third kappa shape index (κ3) is 2.39. The Hall–Kier alpha value is -2.31. The zero-order valence-electron chi connectivity index (χ0n) is 11.0. The molecule has 0 spiro atoms. The van der Waals surface area contributed by atoms with E-state index in [9.17, 15) is 18.0 Å². The highest BCUT2D eigenvalue weighted by atomic mass is 19.4. The van der Waals surface area contributed by atoms with Crippen molar-refractivity contribution in [2.75, 3.05) is 5.43 Å². The molecule has 0 amide bonds. The maximum absolute atomic E-state index is 12.7. The Labute approximate surface area is 118 Å². The van der Waals surface area contributed by atoms with Crippen LogP contribution in [0.2, 0.25) is 0 Å². The van der Waals surface area contributed by atoms with Crippen LogP contribution in [0.15, 0.2) is 24.3 Å². The molecule has 109 valence electrons. The van der Waals surface area contributed by atoms with Gasteiger partial charge in [0.15, 0.2) is 11.5 Å². The van der Waals surface area contributed by atoms with E-state index in [4.69, 9.17) is 0 Å². The van der Waals surface area contributed by atoms with Crippen LogP contribution < -0.4 is 5.43 Å². The summed E-state index contributed by atoms with van der Waals surface area (Å²) >= 11 is 0. The summed E-state index contributed by atoms with van der Waals surface area (Å²) in [6.07, 6.45) is -1.84. The second kappa shape index (κ2) is 4.61. The van der Waals surface area contributed by atoms with Crippen molar-refractivity contribution in [3.8, 4) is 0 Å². The Morgan fingerprint density at radius 1 is 1.38 bits per heavy atom. The van der Waals surface area contributed by atoms with E-state index >= 15 is 0 Å². The van der Waals surface area contributed by atoms with Crippen LogP contribution in [0.1, 0.15) is 39.6 Å². The van der Waals surface area contributed by atoms with Crippen LogP contribution >= 0.6 is 0 Å². The van der Waals surface area contributed by atoms with Crippen molar-refractivity contribution >= 4 is 5.78 Å². The number of carbonyl (C=O) groups is 1. The maximum atomic E-state index is 12.7. The van der Waals surface area contributed by atoms with E-state index in [2.05, 4.69) is 16.7 Å². The molecule has 1 N–H and O–H groups in total. The first-order valence-electron chi connectivity index (χ1n) is 6.31. The summed E-state index contributed by atoms with van der Waals surface area (Å²) in [4.78, 5) is 12.8. The number of fused-ring (bicyclic) bond motifs is 1. The van der Waals surface area contributed by atoms with Crippen LogP contribution in [0.4, 0.5) is 13.2 Å². The number of halogens is 3. The van der Waals surface area contributed by atoms with Crippen LogP contribution in [-0.4, -0.2) is 15.7 Å². The van der Waals surface area contributed by atoms with Crippen LogP contribution in [0.5, 0.6) is 0 Å². The van der Waals surface area contributed by atoms with Gasteiger partial charge in [-0.2, -0.15) is 18.0 Å². The van der Waals surface area contributed by atoms with E-state index in [0.717, 1.165) is 10.4 Å². The number of carbonyl (C=O) groups excluding carboxylic acids is 1. The number of hydrogen-bond acceptors (Lipinski definition) is 3. The first-order valence-corrected chi connectivity index (χ1v) is 6.31. The number of Topliss-reactive ketones (excluding diaryl/α,β-unsaturated/α-hetero) is 1. The minimum Gasteiger partial charge on any atom is -0.301 e. The molecule has 1 unspecified atom stereocenters. The summed E-state index contributed by atoms with van der Waals surface area (Å²) in [6.45, 7) is 1.29. The summed E-state index contributed by atoms with van der Waals surface area (Å²) in [6, 6.07) is 6.62. The van der Waals surface area contributed by atoms with Gasteiger partial charge in [0.05, 0.1) is 6.04 Å². The molecule has 0 fully saturated rings. The van der Waals surface area contributed by atoms with Crippen molar-refractivity contribution in [3.63, 3.8) is 0 Å². The summed E-state index contributed by atoms with van der Waals surface area (Å²) in [5.41, 5.74) is 3.07. The van der Waals surface area contributed by atoms with Crippen molar-refractivity contribution in [3.05, 3.63) is 52.8 Å². The third-order valence-corrected chi connectivity index (χ3v) is 3.40. The number of hydrogen-bond donors (Lipinski definition) is 1. The van der Waals surface area contributed by atoms with E-state index in [-0.39, 0.29) is 17.8 Å². The quantitative estimate of drug-likeness (QED) is 0.926. The molecule has 2 aromatic rings. The number of aryl methyl sites for hydroxylation is 1. The monoisotopic (exact) mass is 294 g/mol. The van der Waals surface area contributed by atoms with Crippen LogP contribution in [0, 0.1) is 13.1 Å². The molecule has 1 aromatic heterocycles. The molecule has 0 saturated heterocycles. The van der Waals surface area contributed by atoms with Crippen molar-refractivity contribution in [2.24, 2.45) is 0 Å². The Morgan fingerprint density at radius 2 is 2.10 bits per heavy atom. The first kappa shape index (κ1) is 13.7. The number of nitrogens with zero attached hydrogens (tertiary/aromatic N) is 2. The van der Waals surface area contributed by atoms with E-state index in [0.29, 0.717) is 5.56 Å².